The number of hydrogen-bond donors (Lipinski definition) is 1. The summed E-state index contributed by atoms with van der Waals surface area (Å²) in [5, 5.41) is 6.86. The maximum atomic E-state index is 13.3. The highest BCUT2D eigenvalue weighted by molar-refractivity contribution is 7.89. The van der Waals surface area contributed by atoms with Gasteiger partial charge < -0.3 is 14.6 Å². The molecule has 1 amide bonds. The molecule has 176 valence electrons. The molecular weight excluding hydrogens is 442 g/mol. The molecule has 0 aliphatic rings. The molecule has 0 atom stereocenters. The van der Waals surface area contributed by atoms with E-state index in [1.165, 1.54) is 16.4 Å². The van der Waals surface area contributed by atoms with Crippen LogP contribution in [0.2, 0.25) is 0 Å². The number of ether oxygens (including phenoxy) is 1. The third kappa shape index (κ3) is 5.26. The summed E-state index contributed by atoms with van der Waals surface area (Å²) in [4.78, 5) is 13.4. The Kier molecular flexibility index (Phi) is 7.55. The number of carbonyl (C=O) groups is 1. The van der Waals surface area contributed by atoms with E-state index in [-0.39, 0.29) is 22.3 Å². The number of anilines is 1. The lowest BCUT2D eigenvalue weighted by molar-refractivity contribution is 0.102. The van der Waals surface area contributed by atoms with Crippen LogP contribution < -0.4 is 10.1 Å². The van der Waals surface area contributed by atoms with E-state index in [1.54, 1.807) is 26.8 Å². The highest BCUT2D eigenvalue weighted by Gasteiger charge is 2.26. The molecule has 9 heteroatoms. The summed E-state index contributed by atoms with van der Waals surface area (Å²) in [6, 6.07) is 13.7. The largest absolute Gasteiger partial charge is 0.489 e. The number of benzene rings is 2. The van der Waals surface area contributed by atoms with Crippen molar-refractivity contribution in [3.8, 4) is 17.0 Å². The molecule has 0 spiro atoms. The predicted octanol–water partition coefficient (Wildman–Crippen LogP) is 4.72. The summed E-state index contributed by atoms with van der Waals surface area (Å²) in [6.45, 7) is 9.59. The monoisotopic (exact) mass is 471 g/mol. The molecule has 0 bridgehead atoms. The standard InChI is InChI=1S/C24H29N3O5S/c1-6-27(7-2)33(29,30)19-13-14-21(31-16(3)4)20(15-19)25-24(28)22-17(5)32-26-23(22)18-11-9-8-10-12-18/h8-16H,6-7H2,1-5H3,(H,25,28). The molecule has 2 aromatic carbocycles. The molecule has 0 aliphatic heterocycles. The van der Waals surface area contributed by atoms with Gasteiger partial charge in [0.2, 0.25) is 10.0 Å². The summed E-state index contributed by atoms with van der Waals surface area (Å²) in [7, 11) is -3.72. The first kappa shape index (κ1) is 24.5. The van der Waals surface area contributed by atoms with E-state index in [0.717, 1.165) is 5.56 Å². The summed E-state index contributed by atoms with van der Waals surface area (Å²) < 4.78 is 38.6. The molecule has 1 heterocycles. The van der Waals surface area contributed by atoms with Crippen molar-refractivity contribution < 1.29 is 22.5 Å². The molecule has 3 rings (SSSR count). The van der Waals surface area contributed by atoms with Gasteiger partial charge in [-0.3, -0.25) is 4.79 Å². The van der Waals surface area contributed by atoms with Crippen molar-refractivity contribution in [3.05, 3.63) is 59.9 Å². The number of aromatic nitrogens is 1. The minimum absolute atomic E-state index is 0.0722. The summed E-state index contributed by atoms with van der Waals surface area (Å²) >= 11 is 0. The van der Waals surface area contributed by atoms with Crippen LogP contribution in [0.1, 0.15) is 43.8 Å². The lowest BCUT2D eigenvalue weighted by atomic mass is 10.1. The van der Waals surface area contributed by atoms with E-state index >= 15 is 0 Å². The van der Waals surface area contributed by atoms with Crippen molar-refractivity contribution in [2.45, 2.75) is 45.6 Å². The Morgan fingerprint density at radius 2 is 1.79 bits per heavy atom. The van der Waals surface area contributed by atoms with Crippen molar-refractivity contribution in [3.63, 3.8) is 0 Å². The molecule has 0 radical (unpaired) electrons. The third-order valence-electron chi connectivity index (χ3n) is 5.04. The van der Waals surface area contributed by atoms with Crippen LogP contribution >= 0.6 is 0 Å². The van der Waals surface area contributed by atoms with Crippen molar-refractivity contribution in [2.75, 3.05) is 18.4 Å². The molecule has 1 N–H and O–H groups in total. The Labute approximate surface area is 194 Å². The predicted molar refractivity (Wildman–Crippen MR) is 127 cm³/mol. The molecule has 0 saturated heterocycles. The second-order valence-electron chi connectivity index (χ2n) is 7.70. The molecule has 33 heavy (non-hydrogen) atoms. The minimum Gasteiger partial charge on any atom is -0.489 e. The van der Waals surface area contributed by atoms with Gasteiger partial charge in [-0.2, -0.15) is 4.31 Å². The van der Waals surface area contributed by atoms with Gasteiger partial charge in [-0.05, 0) is 39.0 Å². The van der Waals surface area contributed by atoms with Crippen LogP contribution in [-0.2, 0) is 10.0 Å². The number of amides is 1. The maximum absolute atomic E-state index is 13.3. The smallest absolute Gasteiger partial charge is 0.261 e. The van der Waals surface area contributed by atoms with Crippen LogP contribution in [0.15, 0.2) is 57.9 Å². The van der Waals surface area contributed by atoms with E-state index in [1.807, 2.05) is 44.2 Å². The van der Waals surface area contributed by atoms with Crippen molar-refractivity contribution in [1.29, 1.82) is 0 Å². The number of nitrogens with zero attached hydrogens (tertiary/aromatic N) is 2. The van der Waals surface area contributed by atoms with E-state index < -0.39 is 15.9 Å². The molecule has 8 nitrogen and oxygen atoms in total. The second kappa shape index (κ2) is 10.2. The minimum atomic E-state index is -3.72. The Morgan fingerprint density at radius 1 is 1.12 bits per heavy atom. The lowest BCUT2D eigenvalue weighted by Crippen LogP contribution is -2.30. The van der Waals surface area contributed by atoms with Gasteiger partial charge in [0.1, 0.15) is 22.8 Å². The highest BCUT2D eigenvalue weighted by Crippen LogP contribution is 2.32. The van der Waals surface area contributed by atoms with Crippen LogP contribution in [0, 0.1) is 6.92 Å². The van der Waals surface area contributed by atoms with Crippen molar-refractivity contribution in [2.24, 2.45) is 0 Å². The summed E-state index contributed by atoms with van der Waals surface area (Å²) in [6.07, 6.45) is -0.178. The quantitative estimate of drug-likeness (QED) is 0.484. The SMILES string of the molecule is CCN(CC)S(=O)(=O)c1ccc(OC(C)C)c(NC(=O)c2c(-c3ccccc3)noc2C)c1. The van der Waals surface area contributed by atoms with E-state index in [9.17, 15) is 13.2 Å². The number of nitrogens with one attached hydrogen (secondary N) is 1. The van der Waals surface area contributed by atoms with Gasteiger partial charge >= 0.3 is 0 Å². The molecule has 0 aliphatic carbocycles. The average molecular weight is 472 g/mol. The summed E-state index contributed by atoms with van der Waals surface area (Å²) in [5.41, 5.74) is 1.66. The van der Waals surface area contributed by atoms with E-state index in [0.29, 0.717) is 30.3 Å². The highest BCUT2D eigenvalue weighted by atomic mass is 32.2. The first-order valence-corrected chi connectivity index (χ1v) is 12.3. The van der Waals surface area contributed by atoms with Crippen molar-refractivity contribution in [1.82, 2.24) is 9.46 Å². The van der Waals surface area contributed by atoms with Gasteiger partial charge in [0.05, 0.1) is 16.7 Å². The first-order chi connectivity index (χ1) is 15.7. The maximum Gasteiger partial charge on any atom is 0.261 e. The zero-order valence-electron chi connectivity index (χ0n) is 19.5. The number of rotatable bonds is 9. The average Bonchev–Trinajstić information content (AvgIpc) is 3.17. The van der Waals surface area contributed by atoms with Gasteiger partial charge in [-0.1, -0.05) is 49.3 Å². The fourth-order valence-corrected chi connectivity index (χ4v) is 4.94. The van der Waals surface area contributed by atoms with Crippen LogP contribution in [0.5, 0.6) is 5.75 Å². The lowest BCUT2D eigenvalue weighted by Gasteiger charge is -2.20. The van der Waals surface area contributed by atoms with Crippen LogP contribution in [0.3, 0.4) is 0 Å². The Morgan fingerprint density at radius 3 is 2.39 bits per heavy atom. The number of aryl methyl sites for hydroxylation is 1. The van der Waals surface area contributed by atoms with Gasteiger partial charge in [-0.25, -0.2) is 8.42 Å². The zero-order chi connectivity index (χ0) is 24.2. The molecule has 1 aromatic heterocycles. The molecular formula is C24H29N3O5S. The number of hydrogen-bond acceptors (Lipinski definition) is 6. The van der Waals surface area contributed by atoms with Crippen LogP contribution in [-0.4, -0.2) is 43.0 Å². The van der Waals surface area contributed by atoms with Gasteiger partial charge in [0, 0.05) is 18.7 Å². The van der Waals surface area contributed by atoms with Crippen LogP contribution in [0.4, 0.5) is 5.69 Å². The molecule has 0 saturated carbocycles. The third-order valence-corrected chi connectivity index (χ3v) is 7.09. The Balaban J connectivity index is 2.04. The second-order valence-corrected chi connectivity index (χ2v) is 9.63. The number of carbonyl (C=O) groups excluding carboxylic acids is 1. The summed E-state index contributed by atoms with van der Waals surface area (Å²) in [5.74, 6) is 0.246. The van der Waals surface area contributed by atoms with Gasteiger partial charge in [0.15, 0.2) is 0 Å². The molecule has 0 fully saturated rings. The Hall–Kier alpha value is -3.17. The normalized spacial score (nSPS) is 11.7. The first-order valence-electron chi connectivity index (χ1n) is 10.8. The van der Waals surface area contributed by atoms with Gasteiger partial charge in [0.25, 0.3) is 5.91 Å². The number of sulfonamides is 1. The Bertz CT molecular complexity index is 1220. The van der Waals surface area contributed by atoms with Crippen molar-refractivity contribution >= 4 is 21.6 Å². The van der Waals surface area contributed by atoms with Gasteiger partial charge in [-0.15, -0.1) is 0 Å². The zero-order valence-corrected chi connectivity index (χ0v) is 20.3. The fraction of sp³-hybridized carbons (Fsp3) is 0.333. The molecule has 3 aromatic rings. The van der Waals surface area contributed by atoms with E-state index in [4.69, 9.17) is 9.26 Å². The fourth-order valence-electron chi connectivity index (χ4n) is 3.45. The van der Waals surface area contributed by atoms with E-state index in [2.05, 4.69) is 10.5 Å². The van der Waals surface area contributed by atoms with Crippen LogP contribution in [0.25, 0.3) is 11.3 Å². The topological polar surface area (TPSA) is 102 Å². The molecule has 0 unspecified atom stereocenters.